The molecule has 0 aliphatic carbocycles. The van der Waals surface area contributed by atoms with Gasteiger partial charge in [0.25, 0.3) is 0 Å². The SMILES string of the molecule is C=C1Cc2cc(CO)c(CO)cc2CC(=O)N1. The highest BCUT2D eigenvalue weighted by molar-refractivity contribution is 5.81. The van der Waals surface area contributed by atoms with E-state index in [2.05, 4.69) is 11.9 Å². The molecule has 2 rings (SSSR count). The van der Waals surface area contributed by atoms with E-state index < -0.39 is 0 Å². The zero-order chi connectivity index (χ0) is 12.4. The van der Waals surface area contributed by atoms with Crippen LogP contribution >= 0.6 is 0 Å². The van der Waals surface area contributed by atoms with Crippen molar-refractivity contribution in [1.82, 2.24) is 5.32 Å². The zero-order valence-electron chi connectivity index (χ0n) is 9.49. The minimum atomic E-state index is -0.133. The third-order valence-corrected chi connectivity index (χ3v) is 2.93. The number of aliphatic hydroxyl groups is 2. The van der Waals surface area contributed by atoms with Gasteiger partial charge in [-0.05, 0) is 22.3 Å². The summed E-state index contributed by atoms with van der Waals surface area (Å²) in [5.41, 5.74) is 3.91. The highest BCUT2D eigenvalue weighted by Gasteiger charge is 2.17. The number of fused-ring (bicyclic) bond motifs is 1. The maximum Gasteiger partial charge on any atom is 0.228 e. The van der Waals surface area contributed by atoms with Gasteiger partial charge in [-0.1, -0.05) is 18.7 Å². The fourth-order valence-corrected chi connectivity index (χ4v) is 2.10. The van der Waals surface area contributed by atoms with Gasteiger partial charge >= 0.3 is 0 Å². The van der Waals surface area contributed by atoms with Crippen LogP contribution in [0.2, 0.25) is 0 Å². The monoisotopic (exact) mass is 233 g/mol. The van der Waals surface area contributed by atoms with Crippen LogP contribution in [0.5, 0.6) is 0 Å². The van der Waals surface area contributed by atoms with Gasteiger partial charge in [0.2, 0.25) is 5.91 Å². The van der Waals surface area contributed by atoms with Crippen LogP contribution in [0.3, 0.4) is 0 Å². The summed E-state index contributed by atoms with van der Waals surface area (Å²) in [5, 5.41) is 21.1. The molecule has 1 aromatic rings. The Kier molecular flexibility index (Phi) is 3.26. The van der Waals surface area contributed by atoms with E-state index in [-0.39, 0.29) is 25.5 Å². The number of carbonyl (C=O) groups excluding carboxylic acids is 1. The number of aliphatic hydroxyl groups excluding tert-OH is 2. The van der Waals surface area contributed by atoms with E-state index in [0.717, 1.165) is 11.1 Å². The molecule has 0 spiro atoms. The summed E-state index contributed by atoms with van der Waals surface area (Å²) in [7, 11) is 0. The molecule has 0 saturated heterocycles. The first-order chi connectivity index (χ1) is 8.13. The minimum Gasteiger partial charge on any atom is -0.392 e. The van der Waals surface area contributed by atoms with E-state index >= 15 is 0 Å². The van der Waals surface area contributed by atoms with Crippen molar-refractivity contribution in [1.29, 1.82) is 0 Å². The van der Waals surface area contributed by atoms with E-state index in [1.807, 2.05) is 6.07 Å². The number of nitrogens with one attached hydrogen (secondary N) is 1. The van der Waals surface area contributed by atoms with Crippen molar-refractivity contribution in [2.24, 2.45) is 0 Å². The van der Waals surface area contributed by atoms with Crippen LogP contribution in [0.1, 0.15) is 22.3 Å². The molecule has 1 aliphatic heterocycles. The number of hydrogen-bond acceptors (Lipinski definition) is 3. The van der Waals surface area contributed by atoms with Crippen molar-refractivity contribution in [2.45, 2.75) is 26.1 Å². The number of benzene rings is 1. The second-order valence-electron chi connectivity index (χ2n) is 4.21. The molecule has 1 heterocycles. The Morgan fingerprint density at radius 3 is 2.18 bits per heavy atom. The van der Waals surface area contributed by atoms with Crippen LogP contribution in [0.4, 0.5) is 0 Å². The summed E-state index contributed by atoms with van der Waals surface area (Å²) in [6.07, 6.45) is 0.854. The molecule has 0 atom stereocenters. The summed E-state index contributed by atoms with van der Waals surface area (Å²) in [6, 6.07) is 3.63. The van der Waals surface area contributed by atoms with Crippen molar-refractivity contribution in [3.8, 4) is 0 Å². The molecule has 1 aliphatic rings. The van der Waals surface area contributed by atoms with Crippen molar-refractivity contribution in [3.63, 3.8) is 0 Å². The fraction of sp³-hybridized carbons (Fsp3) is 0.308. The average molecular weight is 233 g/mol. The lowest BCUT2D eigenvalue weighted by atomic mass is 9.95. The first-order valence-corrected chi connectivity index (χ1v) is 5.47. The Hall–Kier alpha value is -1.65. The molecule has 0 bridgehead atoms. The second-order valence-corrected chi connectivity index (χ2v) is 4.21. The van der Waals surface area contributed by atoms with Crippen molar-refractivity contribution < 1.29 is 15.0 Å². The van der Waals surface area contributed by atoms with Crippen LogP contribution in [0, 0.1) is 0 Å². The molecule has 1 aromatic carbocycles. The fourth-order valence-electron chi connectivity index (χ4n) is 2.10. The lowest BCUT2D eigenvalue weighted by Crippen LogP contribution is -2.21. The molecule has 0 unspecified atom stereocenters. The van der Waals surface area contributed by atoms with Gasteiger partial charge in [-0.2, -0.15) is 0 Å². The summed E-state index contributed by atoms with van der Waals surface area (Å²) in [4.78, 5) is 11.5. The molecule has 0 aromatic heterocycles. The number of carbonyl (C=O) groups is 1. The molecule has 4 heteroatoms. The predicted molar refractivity (Wildman–Crippen MR) is 63.0 cm³/mol. The third-order valence-electron chi connectivity index (χ3n) is 2.93. The predicted octanol–water partition coefficient (Wildman–Crippen LogP) is 0.400. The number of rotatable bonds is 2. The van der Waals surface area contributed by atoms with Crippen LogP contribution < -0.4 is 5.32 Å². The van der Waals surface area contributed by atoms with Gasteiger partial charge in [-0.25, -0.2) is 0 Å². The Balaban J connectivity index is 2.50. The molecule has 1 amide bonds. The minimum absolute atomic E-state index is 0.0885. The van der Waals surface area contributed by atoms with Crippen molar-refractivity contribution >= 4 is 5.91 Å². The molecule has 90 valence electrons. The van der Waals surface area contributed by atoms with Crippen molar-refractivity contribution in [2.75, 3.05) is 0 Å². The second kappa shape index (κ2) is 4.69. The average Bonchev–Trinajstić information content (AvgIpc) is 2.43. The highest BCUT2D eigenvalue weighted by Crippen LogP contribution is 2.22. The van der Waals surface area contributed by atoms with E-state index in [0.29, 0.717) is 23.2 Å². The first kappa shape index (κ1) is 11.8. The zero-order valence-corrected chi connectivity index (χ0v) is 9.49. The lowest BCUT2D eigenvalue weighted by molar-refractivity contribution is -0.119. The molecule has 0 radical (unpaired) electrons. The van der Waals surface area contributed by atoms with E-state index in [9.17, 15) is 15.0 Å². The molecule has 17 heavy (non-hydrogen) atoms. The quantitative estimate of drug-likeness (QED) is 0.692. The molecule has 3 N–H and O–H groups in total. The summed E-state index contributed by atoms with van der Waals surface area (Å²) in [5.74, 6) is -0.0885. The Morgan fingerprint density at radius 2 is 1.65 bits per heavy atom. The smallest absolute Gasteiger partial charge is 0.228 e. The van der Waals surface area contributed by atoms with Crippen LogP contribution in [0.15, 0.2) is 24.4 Å². The first-order valence-electron chi connectivity index (χ1n) is 5.47. The Labute approximate surface area is 99.6 Å². The normalized spacial score (nSPS) is 15.2. The van der Waals surface area contributed by atoms with E-state index in [1.54, 1.807) is 6.07 Å². The van der Waals surface area contributed by atoms with Crippen molar-refractivity contribution in [3.05, 3.63) is 46.7 Å². The molecule has 4 nitrogen and oxygen atoms in total. The van der Waals surface area contributed by atoms with E-state index in [1.165, 1.54) is 0 Å². The van der Waals surface area contributed by atoms with Gasteiger partial charge in [-0.3, -0.25) is 4.79 Å². The highest BCUT2D eigenvalue weighted by atomic mass is 16.3. The van der Waals surface area contributed by atoms with Gasteiger partial charge in [0.15, 0.2) is 0 Å². The maximum atomic E-state index is 11.5. The van der Waals surface area contributed by atoms with Gasteiger partial charge in [0.1, 0.15) is 0 Å². The van der Waals surface area contributed by atoms with E-state index in [4.69, 9.17) is 0 Å². The van der Waals surface area contributed by atoms with Crippen LogP contribution in [0.25, 0.3) is 0 Å². The van der Waals surface area contributed by atoms with Crippen LogP contribution in [-0.2, 0) is 30.8 Å². The number of amides is 1. The van der Waals surface area contributed by atoms with Gasteiger partial charge in [-0.15, -0.1) is 0 Å². The van der Waals surface area contributed by atoms with Gasteiger partial charge in [0.05, 0.1) is 19.6 Å². The maximum absolute atomic E-state index is 11.5. The number of allylic oxidation sites excluding steroid dienone is 1. The molecule has 0 fully saturated rings. The molecular formula is C13H15NO3. The topological polar surface area (TPSA) is 69.6 Å². The van der Waals surface area contributed by atoms with Gasteiger partial charge < -0.3 is 15.5 Å². The summed E-state index contributed by atoms with van der Waals surface area (Å²) < 4.78 is 0. The van der Waals surface area contributed by atoms with Crippen LogP contribution in [-0.4, -0.2) is 16.1 Å². The largest absolute Gasteiger partial charge is 0.392 e. The molecular weight excluding hydrogens is 218 g/mol. The summed E-state index contributed by atoms with van der Waals surface area (Å²) >= 11 is 0. The number of hydrogen-bond donors (Lipinski definition) is 3. The van der Waals surface area contributed by atoms with Gasteiger partial charge in [0, 0.05) is 12.1 Å². The molecule has 0 saturated carbocycles. The lowest BCUT2D eigenvalue weighted by Gasteiger charge is -2.11. The Morgan fingerprint density at radius 1 is 1.12 bits per heavy atom. The third kappa shape index (κ3) is 2.38. The summed E-state index contributed by atoms with van der Waals surface area (Å²) in [6.45, 7) is 3.53. The standard InChI is InChI=1S/C13H15NO3/c1-8-2-9-3-11(6-15)12(7-16)4-10(9)5-13(17)14-8/h3-4,15-16H,1-2,5-7H2,(H,14,17). The Bertz CT molecular complexity index is 437.